The molecule has 90 valence electrons. The molecule has 2 N–H and O–H groups in total. The summed E-state index contributed by atoms with van der Waals surface area (Å²) in [6.45, 7) is 13.6. The highest BCUT2D eigenvalue weighted by Crippen LogP contribution is 2.22. The molecule has 0 aromatic rings. The lowest BCUT2D eigenvalue weighted by atomic mass is 10.0. The van der Waals surface area contributed by atoms with Crippen molar-refractivity contribution in [3.8, 4) is 0 Å². The summed E-state index contributed by atoms with van der Waals surface area (Å²) in [5.41, 5.74) is 5.83. The van der Waals surface area contributed by atoms with E-state index < -0.39 is 0 Å². The normalized spacial score (nSPS) is 27.8. The van der Waals surface area contributed by atoms with Crippen LogP contribution in [0.5, 0.6) is 0 Å². The number of nitrogens with two attached hydrogens (primary N) is 1. The smallest absolute Gasteiger partial charge is 0.0245 e. The minimum atomic E-state index is 0.626. The van der Waals surface area contributed by atoms with Gasteiger partial charge in [-0.3, -0.25) is 4.90 Å². The third-order valence-electron chi connectivity index (χ3n) is 3.84. The monoisotopic (exact) mass is 213 g/mol. The van der Waals surface area contributed by atoms with Crippen LogP contribution in [0.2, 0.25) is 0 Å². The maximum atomic E-state index is 5.83. The summed E-state index contributed by atoms with van der Waals surface area (Å²) in [5, 5.41) is 0. The third-order valence-corrected chi connectivity index (χ3v) is 3.84. The molecule has 0 aliphatic carbocycles. The van der Waals surface area contributed by atoms with Crippen molar-refractivity contribution >= 4 is 0 Å². The van der Waals surface area contributed by atoms with Crippen molar-refractivity contribution in [1.29, 1.82) is 0 Å². The molecule has 0 amide bonds. The molecule has 1 fully saturated rings. The Bertz CT molecular complexity index is 168. The fraction of sp³-hybridized carbons (Fsp3) is 1.00. The van der Waals surface area contributed by atoms with Gasteiger partial charge in [-0.05, 0) is 32.0 Å². The van der Waals surface area contributed by atoms with Crippen LogP contribution in [-0.2, 0) is 0 Å². The van der Waals surface area contributed by atoms with Gasteiger partial charge >= 0.3 is 0 Å². The standard InChI is InChI=1S/C12H27N3/c1-4-14(5-2)8-9-15-7-6-11(3)12(15)10-13/h11-12H,4-10,13H2,1-3H3. The fourth-order valence-corrected chi connectivity index (χ4v) is 2.56. The number of likely N-dealkylation sites (tertiary alicyclic amines) is 1. The Morgan fingerprint density at radius 3 is 2.53 bits per heavy atom. The maximum Gasteiger partial charge on any atom is 0.0245 e. The summed E-state index contributed by atoms with van der Waals surface area (Å²) in [4.78, 5) is 5.06. The first-order valence-corrected chi connectivity index (χ1v) is 6.39. The Morgan fingerprint density at radius 2 is 2.00 bits per heavy atom. The molecule has 1 rings (SSSR count). The molecule has 2 unspecified atom stereocenters. The van der Waals surface area contributed by atoms with E-state index >= 15 is 0 Å². The van der Waals surface area contributed by atoms with Gasteiger partial charge in [0.2, 0.25) is 0 Å². The fourth-order valence-electron chi connectivity index (χ4n) is 2.56. The second kappa shape index (κ2) is 6.46. The zero-order chi connectivity index (χ0) is 11.3. The van der Waals surface area contributed by atoms with Crippen molar-refractivity contribution in [1.82, 2.24) is 9.80 Å². The predicted molar refractivity (Wildman–Crippen MR) is 66.0 cm³/mol. The summed E-state index contributed by atoms with van der Waals surface area (Å²) >= 11 is 0. The van der Waals surface area contributed by atoms with Crippen LogP contribution in [0.15, 0.2) is 0 Å². The van der Waals surface area contributed by atoms with Gasteiger partial charge < -0.3 is 10.6 Å². The lowest BCUT2D eigenvalue weighted by molar-refractivity contribution is 0.193. The lowest BCUT2D eigenvalue weighted by Crippen LogP contribution is -2.42. The van der Waals surface area contributed by atoms with Crippen molar-refractivity contribution in [3.63, 3.8) is 0 Å². The van der Waals surface area contributed by atoms with Crippen LogP contribution in [0, 0.1) is 5.92 Å². The van der Waals surface area contributed by atoms with Crippen LogP contribution in [0.25, 0.3) is 0 Å². The van der Waals surface area contributed by atoms with Crippen molar-refractivity contribution in [2.24, 2.45) is 11.7 Å². The first-order chi connectivity index (χ1) is 7.22. The molecule has 15 heavy (non-hydrogen) atoms. The molecular weight excluding hydrogens is 186 g/mol. The molecular formula is C12H27N3. The van der Waals surface area contributed by atoms with Gasteiger partial charge in [-0.25, -0.2) is 0 Å². The zero-order valence-electron chi connectivity index (χ0n) is 10.6. The van der Waals surface area contributed by atoms with E-state index in [1.165, 1.54) is 26.1 Å². The number of likely N-dealkylation sites (N-methyl/N-ethyl adjacent to an activating group) is 1. The molecule has 0 spiro atoms. The Kier molecular flexibility index (Phi) is 5.58. The van der Waals surface area contributed by atoms with Gasteiger partial charge in [0.25, 0.3) is 0 Å². The van der Waals surface area contributed by atoms with E-state index in [0.29, 0.717) is 6.04 Å². The molecule has 1 saturated heterocycles. The molecule has 1 heterocycles. The van der Waals surface area contributed by atoms with Gasteiger partial charge in [0.15, 0.2) is 0 Å². The summed E-state index contributed by atoms with van der Waals surface area (Å²) in [7, 11) is 0. The van der Waals surface area contributed by atoms with Gasteiger partial charge in [-0.15, -0.1) is 0 Å². The van der Waals surface area contributed by atoms with Crippen molar-refractivity contribution in [2.75, 3.05) is 39.3 Å². The third kappa shape index (κ3) is 3.44. The van der Waals surface area contributed by atoms with Crippen LogP contribution in [0.3, 0.4) is 0 Å². The quantitative estimate of drug-likeness (QED) is 0.714. The Balaban J connectivity index is 2.31. The van der Waals surface area contributed by atoms with Gasteiger partial charge in [0.1, 0.15) is 0 Å². The molecule has 0 aromatic heterocycles. The van der Waals surface area contributed by atoms with E-state index in [-0.39, 0.29) is 0 Å². The average molecular weight is 213 g/mol. The van der Waals surface area contributed by atoms with E-state index in [1.54, 1.807) is 0 Å². The van der Waals surface area contributed by atoms with Crippen molar-refractivity contribution in [2.45, 2.75) is 33.2 Å². The second-order valence-electron chi connectivity index (χ2n) is 4.63. The van der Waals surface area contributed by atoms with Crippen LogP contribution >= 0.6 is 0 Å². The molecule has 0 radical (unpaired) electrons. The lowest BCUT2D eigenvalue weighted by Gasteiger charge is -2.28. The predicted octanol–water partition coefficient (Wildman–Crippen LogP) is 0.997. The zero-order valence-corrected chi connectivity index (χ0v) is 10.6. The van der Waals surface area contributed by atoms with Gasteiger partial charge in [0, 0.05) is 25.7 Å². The van der Waals surface area contributed by atoms with E-state index in [1.807, 2.05) is 0 Å². The van der Waals surface area contributed by atoms with Crippen molar-refractivity contribution in [3.05, 3.63) is 0 Å². The van der Waals surface area contributed by atoms with Gasteiger partial charge in [-0.1, -0.05) is 20.8 Å². The van der Waals surface area contributed by atoms with Crippen LogP contribution in [0.4, 0.5) is 0 Å². The number of nitrogens with zero attached hydrogens (tertiary/aromatic N) is 2. The highest BCUT2D eigenvalue weighted by Gasteiger charge is 2.29. The minimum Gasteiger partial charge on any atom is -0.329 e. The van der Waals surface area contributed by atoms with E-state index in [2.05, 4.69) is 30.6 Å². The van der Waals surface area contributed by atoms with Gasteiger partial charge in [0.05, 0.1) is 0 Å². The summed E-state index contributed by atoms with van der Waals surface area (Å²) in [5.74, 6) is 0.784. The van der Waals surface area contributed by atoms with E-state index in [9.17, 15) is 0 Å². The highest BCUT2D eigenvalue weighted by molar-refractivity contribution is 4.85. The molecule has 1 aliphatic rings. The maximum absolute atomic E-state index is 5.83. The largest absolute Gasteiger partial charge is 0.329 e. The van der Waals surface area contributed by atoms with Crippen molar-refractivity contribution < 1.29 is 0 Å². The second-order valence-corrected chi connectivity index (χ2v) is 4.63. The molecule has 2 atom stereocenters. The molecule has 0 saturated carbocycles. The van der Waals surface area contributed by atoms with E-state index in [0.717, 1.165) is 25.6 Å². The summed E-state index contributed by atoms with van der Waals surface area (Å²) < 4.78 is 0. The molecule has 3 nitrogen and oxygen atoms in total. The number of hydrogen-bond donors (Lipinski definition) is 1. The Morgan fingerprint density at radius 1 is 1.33 bits per heavy atom. The highest BCUT2D eigenvalue weighted by atomic mass is 15.2. The average Bonchev–Trinajstić information content (AvgIpc) is 2.61. The topological polar surface area (TPSA) is 32.5 Å². The Labute approximate surface area is 94.6 Å². The summed E-state index contributed by atoms with van der Waals surface area (Å²) in [6.07, 6.45) is 1.32. The van der Waals surface area contributed by atoms with E-state index in [4.69, 9.17) is 5.73 Å². The number of hydrogen-bond acceptors (Lipinski definition) is 3. The van der Waals surface area contributed by atoms with Crippen LogP contribution in [-0.4, -0.2) is 55.1 Å². The Hall–Kier alpha value is -0.120. The molecule has 3 heteroatoms. The summed E-state index contributed by atoms with van der Waals surface area (Å²) in [6, 6.07) is 0.626. The first kappa shape index (κ1) is 12.9. The van der Waals surface area contributed by atoms with Crippen LogP contribution < -0.4 is 5.73 Å². The SMILES string of the molecule is CCN(CC)CCN1CCC(C)C1CN. The van der Waals surface area contributed by atoms with Gasteiger partial charge in [-0.2, -0.15) is 0 Å². The molecule has 1 aliphatic heterocycles. The molecule has 0 aromatic carbocycles. The first-order valence-electron chi connectivity index (χ1n) is 6.39. The minimum absolute atomic E-state index is 0.626. The number of rotatable bonds is 6. The molecule has 0 bridgehead atoms. The van der Waals surface area contributed by atoms with Crippen LogP contribution in [0.1, 0.15) is 27.2 Å².